The number of hydrogen-bond acceptors (Lipinski definition) is 5. The van der Waals surface area contributed by atoms with Gasteiger partial charge in [-0.1, -0.05) is 0 Å². The molecule has 5 nitrogen and oxygen atoms in total. The Balaban J connectivity index is 2.10. The molecule has 0 amide bonds. The minimum Gasteiger partial charge on any atom is -0.395 e. The van der Waals surface area contributed by atoms with Crippen LogP contribution in [-0.2, 0) is 6.54 Å². The summed E-state index contributed by atoms with van der Waals surface area (Å²) < 4.78 is 0. The molecule has 2 rings (SSSR count). The zero-order valence-electron chi connectivity index (χ0n) is 8.63. The molecule has 5 heteroatoms. The zero-order chi connectivity index (χ0) is 10.7. The molecule has 1 aromatic heterocycles. The Morgan fingerprint density at radius 3 is 2.67 bits per heavy atom. The monoisotopic (exact) mass is 208 g/mol. The van der Waals surface area contributed by atoms with Gasteiger partial charge >= 0.3 is 0 Å². The fraction of sp³-hybridized carbons (Fsp3) is 0.600. The van der Waals surface area contributed by atoms with Crippen molar-refractivity contribution in [2.45, 2.75) is 25.4 Å². The number of nitrogens with zero attached hydrogens (tertiary/aromatic N) is 3. The third-order valence-electron chi connectivity index (χ3n) is 2.52. The van der Waals surface area contributed by atoms with Crippen molar-refractivity contribution in [1.82, 2.24) is 9.97 Å². The molecule has 0 atom stereocenters. The second kappa shape index (κ2) is 4.55. The highest BCUT2D eigenvalue weighted by Gasteiger charge is 2.29. The first-order valence-electron chi connectivity index (χ1n) is 5.23. The predicted octanol–water partition coefficient (Wildman–Crippen LogP) is -0.104. The summed E-state index contributed by atoms with van der Waals surface area (Å²) >= 11 is 0. The molecule has 82 valence electrons. The van der Waals surface area contributed by atoms with E-state index in [9.17, 15) is 0 Å². The molecule has 1 fully saturated rings. The van der Waals surface area contributed by atoms with Gasteiger partial charge in [0.05, 0.1) is 24.7 Å². The lowest BCUT2D eigenvalue weighted by atomic mass is 10.4. The SMILES string of the molecule is NCc1cnc(N(CCO)C2CC2)cn1. The van der Waals surface area contributed by atoms with E-state index in [0.29, 0.717) is 19.1 Å². The van der Waals surface area contributed by atoms with Crippen molar-refractivity contribution in [2.24, 2.45) is 5.73 Å². The van der Waals surface area contributed by atoms with Gasteiger partial charge in [0.2, 0.25) is 0 Å². The highest BCUT2D eigenvalue weighted by molar-refractivity contribution is 5.39. The van der Waals surface area contributed by atoms with Gasteiger partial charge in [0, 0.05) is 19.1 Å². The van der Waals surface area contributed by atoms with E-state index < -0.39 is 0 Å². The Hall–Kier alpha value is -1.20. The highest BCUT2D eigenvalue weighted by Crippen LogP contribution is 2.29. The van der Waals surface area contributed by atoms with E-state index in [1.165, 1.54) is 12.8 Å². The van der Waals surface area contributed by atoms with Gasteiger partial charge < -0.3 is 15.7 Å². The van der Waals surface area contributed by atoms with Crippen molar-refractivity contribution < 1.29 is 5.11 Å². The summed E-state index contributed by atoms with van der Waals surface area (Å²) in [4.78, 5) is 10.6. The standard InChI is InChI=1S/C10H16N4O/c11-5-8-6-13-10(7-12-8)14(3-4-15)9-1-2-9/h6-7,9,15H,1-5,11H2. The summed E-state index contributed by atoms with van der Waals surface area (Å²) in [6.45, 7) is 1.19. The second-order valence-corrected chi connectivity index (χ2v) is 3.72. The fourth-order valence-electron chi connectivity index (χ4n) is 1.58. The molecule has 1 aliphatic carbocycles. The normalized spacial score (nSPS) is 15.3. The lowest BCUT2D eigenvalue weighted by molar-refractivity contribution is 0.301. The van der Waals surface area contributed by atoms with E-state index in [4.69, 9.17) is 10.8 Å². The van der Waals surface area contributed by atoms with Gasteiger partial charge in [0.15, 0.2) is 0 Å². The Labute approximate surface area is 88.9 Å². The van der Waals surface area contributed by atoms with Crippen LogP contribution in [0.25, 0.3) is 0 Å². The molecular formula is C10H16N4O. The fourth-order valence-corrected chi connectivity index (χ4v) is 1.58. The Bertz CT molecular complexity index is 310. The third-order valence-corrected chi connectivity index (χ3v) is 2.52. The minimum absolute atomic E-state index is 0.150. The van der Waals surface area contributed by atoms with Crippen molar-refractivity contribution in [2.75, 3.05) is 18.1 Å². The quantitative estimate of drug-likeness (QED) is 0.706. The molecular weight excluding hydrogens is 192 g/mol. The Kier molecular flexibility index (Phi) is 3.13. The average Bonchev–Trinajstić information content (AvgIpc) is 3.10. The number of anilines is 1. The zero-order valence-corrected chi connectivity index (χ0v) is 8.63. The van der Waals surface area contributed by atoms with Crippen molar-refractivity contribution in [1.29, 1.82) is 0 Å². The van der Waals surface area contributed by atoms with Crippen molar-refractivity contribution >= 4 is 5.82 Å². The molecule has 0 spiro atoms. The molecule has 0 bridgehead atoms. The average molecular weight is 208 g/mol. The molecule has 0 saturated heterocycles. The van der Waals surface area contributed by atoms with E-state index in [1.54, 1.807) is 12.4 Å². The summed E-state index contributed by atoms with van der Waals surface area (Å²) in [6, 6.07) is 0.537. The number of aromatic nitrogens is 2. The Morgan fingerprint density at radius 2 is 2.20 bits per heavy atom. The first-order valence-corrected chi connectivity index (χ1v) is 5.23. The van der Waals surface area contributed by atoms with Gasteiger partial charge in [-0.3, -0.25) is 4.98 Å². The second-order valence-electron chi connectivity index (χ2n) is 3.72. The number of aliphatic hydroxyl groups excluding tert-OH is 1. The molecule has 0 radical (unpaired) electrons. The smallest absolute Gasteiger partial charge is 0.147 e. The van der Waals surface area contributed by atoms with Crippen molar-refractivity contribution in [3.63, 3.8) is 0 Å². The lowest BCUT2D eigenvalue weighted by Crippen LogP contribution is -2.29. The molecule has 1 aliphatic rings. The summed E-state index contributed by atoms with van der Waals surface area (Å²) in [5.41, 5.74) is 6.24. The number of hydrogen-bond donors (Lipinski definition) is 2. The van der Waals surface area contributed by atoms with Crippen LogP contribution in [0, 0.1) is 0 Å². The van der Waals surface area contributed by atoms with Crippen LogP contribution in [0.4, 0.5) is 5.82 Å². The topological polar surface area (TPSA) is 75.3 Å². The Morgan fingerprint density at radius 1 is 1.40 bits per heavy atom. The summed E-state index contributed by atoms with van der Waals surface area (Å²) in [6.07, 6.45) is 5.79. The molecule has 1 aromatic rings. The van der Waals surface area contributed by atoms with Crippen LogP contribution in [0.1, 0.15) is 18.5 Å². The van der Waals surface area contributed by atoms with Crippen LogP contribution >= 0.6 is 0 Å². The largest absolute Gasteiger partial charge is 0.395 e. The van der Waals surface area contributed by atoms with Crippen molar-refractivity contribution in [3.05, 3.63) is 18.1 Å². The van der Waals surface area contributed by atoms with Crippen LogP contribution < -0.4 is 10.6 Å². The van der Waals surface area contributed by atoms with Crippen molar-refractivity contribution in [3.8, 4) is 0 Å². The number of rotatable bonds is 5. The molecule has 0 aromatic carbocycles. The number of aliphatic hydroxyl groups is 1. The molecule has 0 aliphatic heterocycles. The first-order chi connectivity index (χ1) is 7.35. The maximum absolute atomic E-state index is 8.97. The molecule has 15 heavy (non-hydrogen) atoms. The third kappa shape index (κ3) is 2.43. The van der Waals surface area contributed by atoms with Gasteiger partial charge in [-0.05, 0) is 12.8 Å². The predicted molar refractivity (Wildman–Crippen MR) is 57.4 cm³/mol. The van der Waals surface area contributed by atoms with Gasteiger partial charge in [-0.2, -0.15) is 0 Å². The van der Waals surface area contributed by atoms with Crippen LogP contribution in [-0.4, -0.2) is 34.3 Å². The van der Waals surface area contributed by atoms with Gasteiger partial charge in [-0.25, -0.2) is 4.98 Å². The van der Waals surface area contributed by atoms with Gasteiger partial charge in [0.25, 0.3) is 0 Å². The summed E-state index contributed by atoms with van der Waals surface area (Å²) in [5, 5.41) is 8.97. The van der Waals surface area contributed by atoms with Gasteiger partial charge in [-0.15, -0.1) is 0 Å². The van der Waals surface area contributed by atoms with Crippen LogP contribution in [0.2, 0.25) is 0 Å². The van der Waals surface area contributed by atoms with Crippen LogP contribution in [0.5, 0.6) is 0 Å². The van der Waals surface area contributed by atoms with Crippen LogP contribution in [0.15, 0.2) is 12.4 Å². The summed E-state index contributed by atoms with van der Waals surface area (Å²) in [5.74, 6) is 0.837. The highest BCUT2D eigenvalue weighted by atomic mass is 16.3. The van der Waals surface area contributed by atoms with E-state index in [1.807, 2.05) is 0 Å². The van der Waals surface area contributed by atoms with E-state index in [2.05, 4.69) is 14.9 Å². The lowest BCUT2D eigenvalue weighted by Gasteiger charge is -2.21. The maximum Gasteiger partial charge on any atom is 0.147 e. The summed E-state index contributed by atoms with van der Waals surface area (Å²) in [7, 11) is 0. The van der Waals surface area contributed by atoms with E-state index in [-0.39, 0.29) is 6.61 Å². The minimum atomic E-state index is 0.150. The molecule has 0 unspecified atom stereocenters. The number of nitrogens with two attached hydrogens (primary N) is 1. The van der Waals surface area contributed by atoms with E-state index >= 15 is 0 Å². The maximum atomic E-state index is 8.97. The van der Waals surface area contributed by atoms with E-state index in [0.717, 1.165) is 11.5 Å². The molecule has 3 N–H and O–H groups in total. The molecule has 1 saturated carbocycles. The first kappa shape index (κ1) is 10.3. The van der Waals surface area contributed by atoms with Gasteiger partial charge in [0.1, 0.15) is 5.82 Å². The van der Waals surface area contributed by atoms with Crippen LogP contribution in [0.3, 0.4) is 0 Å². The molecule has 1 heterocycles.